The van der Waals surface area contributed by atoms with E-state index >= 15 is 0 Å². The molecule has 0 atom stereocenters. The minimum atomic E-state index is -0.252. The number of halogens is 1. The van der Waals surface area contributed by atoms with Crippen LogP contribution in [0.3, 0.4) is 0 Å². The minimum Gasteiger partial charge on any atom is -0.496 e. The Morgan fingerprint density at radius 1 is 0.844 bits per heavy atom. The number of ether oxygens (including phenoxy) is 1. The highest BCUT2D eigenvalue weighted by Gasteiger charge is 2.21. The number of hydrogen-bond acceptors (Lipinski definition) is 2. The van der Waals surface area contributed by atoms with E-state index in [4.69, 9.17) is 4.74 Å². The van der Waals surface area contributed by atoms with Crippen LogP contribution in [0.15, 0.2) is 97.2 Å². The third-order valence-electron chi connectivity index (χ3n) is 5.38. The van der Waals surface area contributed by atoms with E-state index in [1.54, 1.807) is 31.4 Å². The first kappa shape index (κ1) is 21.4. The number of carbonyl (C=O) groups excluding carboxylic acids is 1. The van der Waals surface area contributed by atoms with Crippen LogP contribution in [-0.2, 0) is 19.6 Å². The molecule has 0 radical (unpaired) electrons. The molecule has 1 aromatic heterocycles. The first-order valence-electron chi connectivity index (χ1n) is 10.5. The normalized spacial score (nSPS) is 10.7. The summed E-state index contributed by atoms with van der Waals surface area (Å²) < 4.78 is 20.8. The summed E-state index contributed by atoms with van der Waals surface area (Å²) in [5, 5.41) is 0. The first-order chi connectivity index (χ1) is 15.6. The van der Waals surface area contributed by atoms with Crippen LogP contribution in [0.1, 0.15) is 27.2 Å². The molecule has 162 valence electrons. The van der Waals surface area contributed by atoms with Crippen molar-refractivity contribution in [2.45, 2.75) is 19.6 Å². The number of rotatable bonds is 8. The molecule has 0 saturated heterocycles. The number of benzene rings is 3. The molecule has 32 heavy (non-hydrogen) atoms. The van der Waals surface area contributed by atoms with Crippen LogP contribution in [0.4, 0.5) is 4.39 Å². The molecule has 4 aromatic rings. The van der Waals surface area contributed by atoms with Gasteiger partial charge >= 0.3 is 0 Å². The highest BCUT2D eigenvalue weighted by atomic mass is 19.1. The van der Waals surface area contributed by atoms with Crippen molar-refractivity contribution >= 4 is 5.91 Å². The van der Waals surface area contributed by atoms with Gasteiger partial charge in [0, 0.05) is 25.0 Å². The van der Waals surface area contributed by atoms with Crippen molar-refractivity contribution in [3.8, 4) is 5.75 Å². The standard InChI is InChI=1S/C27H25FN2O2/c1-32-26-12-6-5-11-25(26)27(31)30(19-21-8-3-2-4-9-21)20-24-10-7-17-29(24)18-22-13-15-23(28)16-14-22/h2-17H,18-20H2,1H3. The Balaban J connectivity index is 1.62. The van der Waals surface area contributed by atoms with E-state index in [1.807, 2.05) is 65.7 Å². The first-order valence-corrected chi connectivity index (χ1v) is 10.5. The van der Waals surface area contributed by atoms with Crippen LogP contribution in [0.2, 0.25) is 0 Å². The molecular formula is C27H25FN2O2. The van der Waals surface area contributed by atoms with Gasteiger partial charge in [-0.05, 0) is 47.5 Å². The van der Waals surface area contributed by atoms with Gasteiger partial charge in [-0.15, -0.1) is 0 Å². The second-order valence-electron chi connectivity index (χ2n) is 7.60. The molecule has 4 rings (SSSR count). The topological polar surface area (TPSA) is 34.5 Å². The van der Waals surface area contributed by atoms with Crippen molar-refractivity contribution in [1.82, 2.24) is 9.47 Å². The molecule has 0 fully saturated rings. The maximum Gasteiger partial charge on any atom is 0.258 e. The van der Waals surface area contributed by atoms with Crippen LogP contribution >= 0.6 is 0 Å². The lowest BCUT2D eigenvalue weighted by Crippen LogP contribution is -2.31. The summed E-state index contributed by atoms with van der Waals surface area (Å²) in [5.74, 6) is 0.205. The molecule has 0 N–H and O–H groups in total. The molecule has 0 aliphatic carbocycles. The van der Waals surface area contributed by atoms with Crippen molar-refractivity contribution in [2.75, 3.05) is 7.11 Å². The molecule has 3 aromatic carbocycles. The average molecular weight is 429 g/mol. The van der Waals surface area contributed by atoms with Crippen LogP contribution < -0.4 is 4.74 Å². The van der Waals surface area contributed by atoms with E-state index < -0.39 is 0 Å². The van der Waals surface area contributed by atoms with Crippen molar-refractivity contribution in [1.29, 1.82) is 0 Å². The van der Waals surface area contributed by atoms with Crippen LogP contribution in [0.5, 0.6) is 5.75 Å². The van der Waals surface area contributed by atoms with Gasteiger partial charge in [-0.3, -0.25) is 4.79 Å². The summed E-state index contributed by atoms with van der Waals surface area (Å²) >= 11 is 0. The number of aromatic nitrogens is 1. The highest BCUT2D eigenvalue weighted by Crippen LogP contribution is 2.22. The number of nitrogens with zero attached hydrogens (tertiary/aromatic N) is 2. The minimum absolute atomic E-state index is 0.0964. The van der Waals surface area contributed by atoms with E-state index in [0.717, 1.165) is 16.8 Å². The monoisotopic (exact) mass is 428 g/mol. The fraction of sp³-hybridized carbons (Fsp3) is 0.148. The van der Waals surface area contributed by atoms with E-state index in [-0.39, 0.29) is 11.7 Å². The van der Waals surface area contributed by atoms with Crippen molar-refractivity contribution in [2.24, 2.45) is 0 Å². The van der Waals surface area contributed by atoms with Gasteiger partial charge in [0.1, 0.15) is 11.6 Å². The Morgan fingerprint density at radius 3 is 2.31 bits per heavy atom. The van der Waals surface area contributed by atoms with Gasteiger partial charge in [0.25, 0.3) is 5.91 Å². The Morgan fingerprint density at radius 2 is 1.56 bits per heavy atom. The molecule has 0 spiro atoms. The predicted octanol–water partition coefficient (Wildman–Crippen LogP) is 5.53. The molecule has 4 nitrogen and oxygen atoms in total. The lowest BCUT2D eigenvalue weighted by molar-refractivity contribution is 0.0723. The van der Waals surface area contributed by atoms with E-state index in [2.05, 4.69) is 4.57 Å². The fourth-order valence-corrected chi connectivity index (χ4v) is 3.72. The summed E-state index contributed by atoms with van der Waals surface area (Å²) in [6.07, 6.45) is 1.98. The summed E-state index contributed by atoms with van der Waals surface area (Å²) in [6.45, 7) is 1.50. The van der Waals surface area contributed by atoms with Crippen LogP contribution in [0, 0.1) is 5.82 Å². The van der Waals surface area contributed by atoms with Gasteiger partial charge in [0.2, 0.25) is 0 Å². The van der Waals surface area contributed by atoms with E-state index in [1.165, 1.54) is 12.1 Å². The molecule has 0 bridgehead atoms. The van der Waals surface area contributed by atoms with E-state index in [0.29, 0.717) is 30.9 Å². The van der Waals surface area contributed by atoms with Crippen LogP contribution in [0.25, 0.3) is 0 Å². The smallest absolute Gasteiger partial charge is 0.258 e. The van der Waals surface area contributed by atoms with Gasteiger partial charge in [-0.2, -0.15) is 0 Å². The number of hydrogen-bond donors (Lipinski definition) is 0. The quantitative estimate of drug-likeness (QED) is 0.370. The highest BCUT2D eigenvalue weighted by molar-refractivity contribution is 5.96. The maximum atomic E-state index is 13.6. The second-order valence-corrected chi connectivity index (χ2v) is 7.60. The van der Waals surface area contributed by atoms with Crippen molar-refractivity contribution < 1.29 is 13.9 Å². The van der Waals surface area contributed by atoms with Gasteiger partial charge in [0.15, 0.2) is 0 Å². The third kappa shape index (κ3) is 5.06. The zero-order valence-electron chi connectivity index (χ0n) is 17.9. The lowest BCUT2D eigenvalue weighted by Gasteiger charge is -2.25. The Kier molecular flexibility index (Phi) is 6.66. The molecule has 0 unspecified atom stereocenters. The summed E-state index contributed by atoms with van der Waals surface area (Å²) in [5.41, 5.74) is 3.57. The zero-order valence-corrected chi connectivity index (χ0v) is 17.9. The van der Waals surface area contributed by atoms with Gasteiger partial charge in [-0.25, -0.2) is 4.39 Å². The summed E-state index contributed by atoms with van der Waals surface area (Å²) in [6, 6.07) is 27.7. The lowest BCUT2D eigenvalue weighted by atomic mass is 10.1. The molecule has 1 heterocycles. The second kappa shape index (κ2) is 9.96. The molecule has 0 saturated carbocycles. The Bertz CT molecular complexity index is 1170. The van der Waals surface area contributed by atoms with Gasteiger partial charge < -0.3 is 14.2 Å². The van der Waals surface area contributed by atoms with Gasteiger partial charge in [0.05, 0.1) is 19.2 Å². The predicted molar refractivity (Wildman–Crippen MR) is 123 cm³/mol. The number of para-hydroxylation sites is 1. The molecular weight excluding hydrogens is 403 g/mol. The molecule has 0 aliphatic heterocycles. The number of methoxy groups -OCH3 is 1. The fourth-order valence-electron chi connectivity index (χ4n) is 3.72. The molecule has 0 aliphatic rings. The summed E-state index contributed by atoms with van der Waals surface area (Å²) in [4.78, 5) is 15.4. The SMILES string of the molecule is COc1ccccc1C(=O)N(Cc1ccccc1)Cc1cccn1Cc1ccc(F)cc1. The summed E-state index contributed by atoms with van der Waals surface area (Å²) in [7, 11) is 1.57. The molecule has 1 amide bonds. The van der Waals surface area contributed by atoms with Crippen molar-refractivity contribution in [3.05, 3.63) is 125 Å². The third-order valence-corrected chi connectivity index (χ3v) is 5.38. The number of amides is 1. The Hall–Kier alpha value is -3.86. The Labute approximate surface area is 187 Å². The average Bonchev–Trinajstić information content (AvgIpc) is 3.26. The largest absolute Gasteiger partial charge is 0.496 e. The maximum absolute atomic E-state index is 13.6. The van der Waals surface area contributed by atoms with Crippen LogP contribution in [-0.4, -0.2) is 22.5 Å². The number of carbonyl (C=O) groups is 1. The zero-order chi connectivity index (χ0) is 22.3. The van der Waals surface area contributed by atoms with Gasteiger partial charge in [-0.1, -0.05) is 54.6 Å². The van der Waals surface area contributed by atoms with Crippen molar-refractivity contribution in [3.63, 3.8) is 0 Å². The molecule has 5 heteroatoms. The van der Waals surface area contributed by atoms with E-state index in [9.17, 15) is 9.18 Å².